The first-order valence-corrected chi connectivity index (χ1v) is 10.4. The maximum Gasteiger partial charge on any atom is 0.214 e. The van der Waals surface area contributed by atoms with Crippen LogP contribution in [0.25, 0.3) is 0 Å². The Morgan fingerprint density at radius 2 is 1.90 bits per heavy atom. The Balaban J connectivity index is 1.59. The van der Waals surface area contributed by atoms with E-state index in [2.05, 4.69) is 0 Å². The average Bonchev–Trinajstić information content (AvgIpc) is 3.25. The Kier molecular flexibility index (Phi) is 4.98. The standard InChI is InChI=1S/C25H23FN2O3/c1-3-30-23-9-5-8-20-22-15-21(16-10-12-19(29-2)13-11-16)27-28(22)25(31-24(20)23)17-6-4-7-18(26)14-17/h4-14,22,25H,3,15H2,1-2H3/t22-,25-/m1/s1. The molecule has 2 aliphatic rings. The quantitative estimate of drug-likeness (QED) is 0.551. The van der Waals surface area contributed by atoms with Gasteiger partial charge in [0, 0.05) is 17.5 Å². The van der Waals surface area contributed by atoms with Crippen molar-refractivity contribution in [1.82, 2.24) is 5.01 Å². The van der Waals surface area contributed by atoms with Crippen LogP contribution in [0.1, 0.15) is 42.3 Å². The predicted molar refractivity (Wildman–Crippen MR) is 116 cm³/mol. The van der Waals surface area contributed by atoms with Crippen LogP contribution in [-0.4, -0.2) is 24.4 Å². The summed E-state index contributed by atoms with van der Waals surface area (Å²) in [7, 11) is 1.65. The molecule has 0 N–H and O–H groups in total. The number of hydrogen-bond acceptors (Lipinski definition) is 5. The van der Waals surface area contributed by atoms with E-state index in [-0.39, 0.29) is 11.9 Å². The van der Waals surface area contributed by atoms with Crippen LogP contribution in [0, 0.1) is 5.82 Å². The van der Waals surface area contributed by atoms with Gasteiger partial charge in [0.15, 0.2) is 11.5 Å². The van der Waals surface area contributed by atoms with E-state index in [1.165, 1.54) is 12.1 Å². The summed E-state index contributed by atoms with van der Waals surface area (Å²) < 4.78 is 31.5. The van der Waals surface area contributed by atoms with Gasteiger partial charge in [-0.05, 0) is 55.0 Å². The monoisotopic (exact) mass is 418 g/mol. The van der Waals surface area contributed by atoms with Crippen LogP contribution in [0.2, 0.25) is 0 Å². The number of nitrogens with zero attached hydrogens (tertiary/aromatic N) is 2. The highest BCUT2D eigenvalue weighted by Crippen LogP contribution is 2.50. The molecule has 0 aromatic heterocycles. The number of ether oxygens (including phenoxy) is 3. The summed E-state index contributed by atoms with van der Waals surface area (Å²) in [4.78, 5) is 0. The van der Waals surface area contributed by atoms with Crippen molar-refractivity contribution in [3.63, 3.8) is 0 Å². The van der Waals surface area contributed by atoms with Crippen LogP contribution in [0.4, 0.5) is 4.39 Å². The Labute approximate surface area is 180 Å². The summed E-state index contributed by atoms with van der Waals surface area (Å²) in [6.07, 6.45) is 0.162. The van der Waals surface area contributed by atoms with Gasteiger partial charge in [0.1, 0.15) is 11.6 Å². The van der Waals surface area contributed by atoms with Crippen LogP contribution in [0.3, 0.4) is 0 Å². The zero-order valence-electron chi connectivity index (χ0n) is 17.4. The molecule has 0 amide bonds. The van der Waals surface area contributed by atoms with Crippen molar-refractivity contribution in [3.05, 3.63) is 89.2 Å². The summed E-state index contributed by atoms with van der Waals surface area (Å²) in [5, 5.41) is 6.86. The molecular formula is C25H23FN2O3. The molecule has 2 heterocycles. The van der Waals surface area contributed by atoms with Crippen LogP contribution < -0.4 is 14.2 Å². The largest absolute Gasteiger partial charge is 0.497 e. The van der Waals surface area contributed by atoms with Crippen molar-refractivity contribution >= 4 is 5.71 Å². The Bertz CT molecular complexity index is 1130. The lowest BCUT2D eigenvalue weighted by molar-refractivity contribution is -0.0214. The lowest BCUT2D eigenvalue weighted by Crippen LogP contribution is -2.34. The molecule has 5 rings (SSSR count). The molecule has 0 radical (unpaired) electrons. The summed E-state index contributed by atoms with van der Waals surface area (Å²) in [5.74, 6) is 1.89. The van der Waals surface area contributed by atoms with Gasteiger partial charge in [-0.25, -0.2) is 9.40 Å². The average molecular weight is 418 g/mol. The molecule has 0 unspecified atom stereocenters. The minimum Gasteiger partial charge on any atom is -0.497 e. The number of methoxy groups -OCH3 is 1. The second-order valence-corrected chi connectivity index (χ2v) is 7.51. The summed E-state index contributed by atoms with van der Waals surface area (Å²) >= 11 is 0. The van der Waals surface area contributed by atoms with Gasteiger partial charge < -0.3 is 14.2 Å². The van der Waals surface area contributed by atoms with E-state index in [1.54, 1.807) is 13.2 Å². The van der Waals surface area contributed by atoms with Crippen molar-refractivity contribution in [1.29, 1.82) is 0 Å². The number of halogens is 1. The van der Waals surface area contributed by atoms with Gasteiger partial charge in [-0.15, -0.1) is 0 Å². The summed E-state index contributed by atoms with van der Waals surface area (Å²) in [6.45, 7) is 2.48. The first-order chi connectivity index (χ1) is 15.2. The van der Waals surface area contributed by atoms with Crippen LogP contribution in [0.15, 0.2) is 71.8 Å². The molecule has 2 atom stereocenters. The summed E-state index contributed by atoms with van der Waals surface area (Å²) in [5.41, 5.74) is 3.70. The van der Waals surface area contributed by atoms with Crippen molar-refractivity contribution in [3.8, 4) is 17.2 Å². The number of benzene rings is 3. The molecule has 6 heteroatoms. The van der Waals surface area contributed by atoms with Crippen molar-refractivity contribution in [2.24, 2.45) is 5.10 Å². The molecule has 158 valence electrons. The first kappa shape index (κ1) is 19.4. The third-order valence-electron chi connectivity index (χ3n) is 5.64. The van der Waals surface area contributed by atoms with Crippen LogP contribution in [-0.2, 0) is 0 Å². The Hall–Kier alpha value is -3.54. The molecule has 0 fully saturated rings. The fourth-order valence-corrected chi connectivity index (χ4v) is 4.19. The minimum absolute atomic E-state index is 0.0328. The molecule has 2 aliphatic heterocycles. The highest BCUT2D eigenvalue weighted by molar-refractivity contribution is 6.02. The molecule has 3 aromatic rings. The zero-order valence-corrected chi connectivity index (χ0v) is 17.4. The van der Waals surface area contributed by atoms with Crippen molar-refractivity contribution in [2.75, 3.05) is 13.7 Å². The lowest BCUT2D eigenvalue weighted by atomic mass is 9.95. The lowest BCUT2D eigenvalue weighted by Gasteiger charge is -2.38. The SMILES string of the molecule is CCOc1cccc2c1O[C@H](c1cccc(F)c1)N1N=C(c3ccc(OC)cc3)C[C@H]21. The van der Waals surface area contributed by atoms with E-state index in [4.69, 9.17) is 19.3 Å². The summed E-state index contributed by atoms with van der Waals surface area (Å²) in [6, 6.07) is 20.2. The molecule has 0 spiro atoms. The molecule has 5 nitrogen and oxygen atoms in total. The van der Waals surface area contributed by atoms with Crippen LogP contribution >= 0.6 is 0 Å². The third kappa shape index (κ3) is 3.48. The number of hydrazone groups is 1. The van der Waals surface area contributed by atoms with E-state index in [1.807, 2.05) is 60.5 Å². The fourth-order valence-electron chi connectivity index (χ4n) is 4.19. The maximum atomic E-state index is 14.0. The van der Waals surface area contributed by atoms with E-state index in [0.29, 0.717) is 30.1 Å². The smallest absolute Gasteiger partial charge is 0.214 e. The Morgan fingerprint density at radius 1 is 1.10 bits per heavy atom. The number of hydrogen-bond donors (Lipinski definition) is 0. The van der Waals surface area contributed by atoms with Gasteiger partial charge in [0.25, 0.3) is 0 Å². The van der Waals surface area contributed by atoms with Crippen molar-refractivity contribution < 1.29 is 18.6 Å². The number of fused-ring (bicyclic) bond motifs is 3. The minimum atomic E-state index is -0.550. The Morgan fingerprint density at radius 3 is 2.65 bits per heavy atom. The second kappa shape index (κ2) is 7.95. The maximum absolute atomic E-state index is 14.0. The van der Waals surface area contributed by atoms with Gasteiger partial charge in [-0.3, -0.25) is 0 Å². The molecule has 0 aliphatic carbocycles. The van der Waals surface area contributed by atoms with Gasteiger partial charge in [-0.2, -0.15) is 5.10 Å². The molecule has 3 aromatic carbocycles. The molecule has 0 saturated carbocycles. The fraction of sp³-hybridized carbons (Fsp3) is 0.240. The predicted octanol–water partition coefficient (Wildman–Crippen LogP) is 5.48. The number of para-hydroxylation sites is 1. The van der Waals surface area contributed by atoms with Gasteiger partial charge >= 0.3 is 0 Å². The number of rotatable bonds is 5. The van der Waals surface area contributed by atoms with Gasteiger partial charge in [0.05, 0.1) is 25.5 Å². The van der Waals surface area contributed by atoms with E-state index >= 15 is 0 Å². The molecule has 0 bridgehead atoms. The molecule has 0 saturated heterocycles. The highest BCUT2D eigenvalue weighted by atomic mass is 19.1. The molecule has 31 heavy (non-hydrogen) atoms. The topological polar surface area (TPSA) is 43.3 Å². The van der Waals surface area contributed by atoms with Crippen LogP contribution in [0.5, 0.6) is 17.2 Å². The van der Waals surface area contributed by atoms with Gasteiger partial charge in [-0.1, -0.05) is 24.3 Å². The van der Waals surface area contributed by atoms with E-state index < -0.39 is 6.23 Å². The first-order valence-electron chi connectivity index (χ1n) is 10.4. The van der Waals surface area contributed by atoms with E-state index in [0.717, 1.165) is 22.6 Å². The normalized spacial score (nSPS) is 19.2. The zero-order chi connectivity index (χ0) is 21.4. The third-order valence-corrected chi connectivity index (χ3v) is 5.64. The second-order valence-electron chi connectivity index (χ2n) is 7.51. The highest BCUT2D eigenvalue weighted by Gasteiger charge is 2.42. The van der Waals surface area contributed by atoms with Gasteiger partial charge in [0.2, 0.25) is 6.23 Å². The van der Waals surface area contributed by atoms with E-state index in [9.17, 15) is 4.39 Å². The molecular weight excluding hydrogens is 395 g/mol. The van der Waals surface area contributed by atoms with Crippen molar-refractivity contribution in [2.45, 2.75) is 25.6 Å².